The molecule has 3 nitrogen and oxygen atoms in total. The zero-order valence-corrected chi connectivity index (χ0v) is 8.71. The zero-order valence-electron chi connectivity index (χ0n) is 7.90. The van der Waals surface area contributed by atoms with Gasteiger partial charge in [0.2, 0.25) is 0 Å². The number of aromatic nitrogens is 1. The van der Waals surface area contributed by atoms with Gasteiger partial charge < -0.3 is 0 Å². The summed E-state index contributed by atoms with van der Waals surface area (Å²) in [6.07, 6.45) is 6.26. The minimum atomic E-state index is -3.14. The van der Waals surface area contributed by atoms with Crippen molar-refractivity contribution in [2.75, 3.05) is 6.26 Å². The maximum Gasteiger partial charge on any atom is 0.177 e. The van der Waals surface area contributed by atoms with Crippen LogP contribution in [0.2, 0.25) is 0 Å². The van der Waals surface area contributed by atoms with Crippen molar-refractivity contribution in [2.24, 2.45) is 0 Å². The van der Waals surface area contributed by atoms with E-state index in [4.69, 9.17) is 0 Å². The van der Waals surface area contributed by atoms with Crippen molar-refractivity contribution in [2.45, 2.75) is 12.8 Å². The topological polar surface area (TPSA) is 47.0 Å². The molecule has 0 atom stereocenters. The molecule has 0 fully saturated rings. The Balaban J connectivity index is 2.62. The summed E-state index contributed by atoms with van der Waals surface area (Å²) in [5.41, 5.74) is 1.65. The molecule has 74 valence electrons. The van der Waals surface area contributed by atoms with Gasteiger partial charge >= 0.3 is 0 Å². The monoisotopic (exact) mass is 209 g/mol. The first-order chi connectivity index (χ1) is 6.59. The van der Waals surface area contributed by atoms with E-state index in [1.54, 1.807) is 12.3 Å². The summed E-state index contributed by atoms with van der Waals surface area (Å²) in [5.74, 6) is 0. The number of rotatable bonds is 1. The Hall–Kier alpha value is -1.16. The number of hydrogen-bond donors (Lipinski definition) is 0. The average molecular weight is 209 g/mol. The minimum absolute atomic E-state index is 0.374. The molecule has 0 bridgehead atoms. The van der Waals surface area contributed by atoms with Crippen LogP contribution >= 0.6 is 0 Å². The predicted molar refractivity (Wildman–Crippen MR) is 55.4 cm³/mol. The molecular weight excluding hydrogens is 198 g/mol. The van der Waals surface area contributed by atoms with E-state index in [9.17, 15) is 8.42 Å². The number of nitrogens with zero attached hydrogens (tertiary/aromatic N) is 1. The summed E-state index contributed by atoms with van der Waals surface area (Å²) in [4.78, 5) is 4.49. The normalized spacial score (nSPS) is 15.9. The zero-order chi connectivity index (χ0) is 10.2. The molecule has 0 aromatic carbocycles. The van der Waals surface area contributed by atoms with Crippen LogP contribution in [-0.4, -0.2) is 19.7 Å². The lowest BCUT2D eigenvalue weighted by Gasteiger charge is -2.14. The molecule has 0 radical (unpaired) electrons. The van der Waals surface area contributed by atoms with E-state index in [-0.39, 0.29) is 0 Å². The van der Waals surface area contributed by atoms with Gasteiger partial charge in [0.05, 0.1) is 10.6 Å². The van der Waals surface area contributed by atoms with Crippen LogP contribution in [0.25, 0.3) is 4.91 Å². The summed E-state index contributed by atoms with van der Waals surface area (Å²) >= 11 is 0. The maximum atomic E-state index is 11.4. The Bertz CT molecular complexity index is 489. The fraction of sp³-hybridized carbons (Fsp3) is 0.300. The second kappa shape index (κ2) is 3.20. The van der Waals surface area contributed by atoms with Gasteiger partial charge in [-0.05, 0) is 24.5 Å². The van der Waals surface area contributed by atoms with E-state index in [1.165, 1.54) is 6.26 Å². The molecule has 1 aliphatic carbocycles. The van der Waals surface area contributed by atoms with Crippen LogP contribution in [0.4, 0.5) is 0 Å². The highest BCUT2D eigenvalue weighted by atomic mass is 32.2. The molecule has 0 saturated carbocycles. The molecule has 1 aromatic rings. The molecule has 1 aliphatic rings. The van der Waals surface area contributed by atoms with E-state index in [0.29, 0.717) is 10.6 Å². The van der Waals surface area contributed by atoms with Gasteiger partial charge in [-0.3, -0.25) is 4.98 Å². The largest absolute Gasteiger partial charge is 0.255 e. The van der Waals surface area contributed by atoms with Gasteiger partial charge in [0.15, 0.2) is 9.84 Å². The summed E-state index contributed by atoms with van der Waals surface area (Å²) in [7, 11) is -3.14. The standard InChI is InChI=1S/C10H11NO2S/c1-14(12,13)9-6-2-4-8-5-3-7-11-10(8)9/h3,5-7H,2,4H2,1H3. The van der Waals surface area contributed by atoms with Crippen LogP contribution in [0.1, 0.15) is 17.7 Å². The van der Waals surface area contributed by atoms with Crippen molar-refractivity contribution in [3.63, 3.8) is 0 Å². The van der Waals surface area contributed by atoms with Crippen molar-refractivity contribution in [3.8, 4) is 0 Å². The highest BCUT2D eigenvalue weighted by molar-refractivity contribution is 7.99. The summed E-state index contributed by atoms with van der Waals surface area (Å²) in [6.45, 7) is 0. The molecule has 1 heterocycles. The highest BCUT2D eigenvalue weighted by Crippen LogP contribution is 2.27. The highest BCUT2D eigenvalue weighted by Gasteiger charge is 2.20. The first-order valence-electron chi connectivity index (χ1n) is 4.43. The first kappa shape index (κ1) is 9.40. The van der Waals surface area contributed by atoms with E-state index in [1.807, 2.05) is 12.1 Å². The molecule has 4 heteroatoms. The van der Waals surface area contributed by atoms with E-state index >= 15 is 0 Å². The lowest BCUT2D eigenvalue weighted by atomic mass is 10.0. The number of aryl methyl sites for hydroxylation is 1. The number of hydrogen-bond acceptors (Lipinski definition) is 3. The molecule has 0 saturated heterocycles. The summed E-state index contributed by atoms with van der Waals surface area (Å²) in [6, 6.07) is 3.77. The van der Waals surface area contributed by atoms with E-state index in [0.717, 1.165) is 18.4 Å². The van der Waals surface area contributed by atoms with E-state index < -0.39 is 9.84 Å². The van der Waals surface area contributed by atoms with Crippen molar-refractivity contribution in [1.29, 1.82) is 0 Å². The molecule has 1 aromatic heterocycles. The second-order valence-corrected chi connectivity index (χ2v) is 5.37. The Morgan fingerprint density at radius 3 is 2.93 bits per heavy atom. The van der Waals surface area contributed by atoms with Crippen LogP contribution in [0, 0.1) is 0 Å². The third-order valence-corrected chi connectivity index (χ3v) is 3.43. The third-order valence-electron chi connectivity index (χ3n) is 2.27. The Morgan fingerprint density at radius 2 is 2.21 bits per heavy atom. The first-order valence-corrected chi connectivity index (χ1v) is 6.32. The molecule has 0 N–H and O–H groups in total. The van der Waals surface area contributed by atoms with Crippen LogP contribution < -0.4 is 0 Å². The van der Waals surface area contributed by atoms with Crippen LogP contribution in [-0.2, 0) is 16.3 Å². The van der Waals surface area contributed by atoms with Gasteiger partial charge in [0.1, 0.15) is 0 Å². The molecule has 2 rings (SSSR count). The van der Waals surface area contributed by atoms with Crippen molar-refractivity contribution in [3.05, 3.63) is 35.7 Å². The molecule has 0 spiro atoms. The lowest BCUT2D eigenvalue weighted by Crippen LogP contribution is -2.09. The average Bonchev–Trinajstić information content (AvgIpc) is 2.15. The van der Waals surface area contributed by atoms with Gasteiger partial charge in [-0.1, -0.05) is 12.1 Å². The molecule has 14 heavy (non-hydrogen) atoms. The number of sulfone groups is 1. The third kappa shape index (κ3) is 1.57. The Kier molecular flexibility index (Phi) is 2.15. The van der Waals surface area contributed by atoms with Crippen molar-refractivity contribution >= 4 is 14.7 Å². The van der Waals surface area contributed by atoms with Crippen molar-refractivity contribution in [1.82, 2.24) is 4.98 Å². The quantitative estimate of drug-likeness (QED) is 0.702. The fourth-order valence-corrected chi connectivity index (χ4v) is 2.60. The molecule has 0 unspecified atom stereocenters. The van der Waals surface area contributed by atoms with Gasteiger partial charge in [0, 0.05) is 12.5 Å². The van der Waals surface area contributed by atoms with Gasteiger partial charge in [-0.25, -0.2) is 8.42 Å². The van der Waals surface area contributed by atoms with Gasteiger partial charge in [-0.15, -0.1) is 0 Å². The second-order valence-electron chi connectivity index (χ2n) is 3.39. The molecule has 0 amide bonds. The summed E-state index contributed by atoms with van der Waals surface area (Å²) < 4.78 is 22.9. The maximum absolute atomic E-state index is 11.4. The predicted octanol–water partition coefficient (Wildman–Crippen LogP) is 1.41. The molecule has 0 aliphatic heterocycles. The summed E-state index contributed by atoms with van der Waals surface area (Å²) in [5, 5.41) is 0. The van der Waals surface area contributed by atoms with Crippen molar-refractivity contribution < 1.29 is 8.42 Å². The number of pyridine rings is 1. The Morgan fingerprint density at radius 1 is 1.43 bits per heavy atom. The SMILES string of the molecule is CS(=O)(=O)C1=CCCc2cccnc21. The van der Waals surface area contributed by atoms with Crippen LogP contribution in [0.15, 0.2) is 24.4 Å². The van der Waals surface area contributed by atoms with Crippen LogP contribution in [0.3, 0.4) is 0 Å². The smallest absolute Gasteiger partial charge is 0.177 e. The molecular formula is C10H11NO2S. The Labute approximate surface area is 83.4 Å². The number of allylic oxidation sites excluding steroid dienone is 1. The van der Waals surface area contributed by atoms with Crippen LogP contribution in [0.5, 0.6) is 0 Å². The fourth-order valence-electron chi connectivity index (χ4n) is 1.64. The van der Waals surface area contributed by atoms with E-state index in [2.05, 4.69) is 4.98 Å². The van der Waals surface area contributed by atoms with Gasteiger partial charge in [0.25, 0.3) is 0 Å². The number of fused-ring (bicyclic) bond motifs is 1. The lowest BCUT2D eigenvalue weighted by molar-refractivity contribution is 0.610. The minimum Gasteiger partial charge on any atom is -0.255 e. The van der Waals surface area contributed by atoms with Gasteiger partial charge in [-0.2, -0.15) is 0 Å².